The van der Waals surface area contributed by atoms with Crippen molar-refractivity contribution < 1.29 is 4.74 Å². The first-order valence-electron chi connectivity index (χ1n) is 7.39. The summed E-state index contributed by atoms with van der Waals surface area (Å²) in [6, 6.07) is 14.0. The SMILES string of the molecule is Cc1cc(N(C)CCCOc2ccccc2)c(C#N)c(C)n1. The molecule has 0 saturated carbocycles. The van der Waals surface area contributed by atoms with Gasteiger partial charge in [0.25, 0.3) is 0 Å². The van der Waals surface area contributed by atoms with Crippen LogP contribution in [-0.2, 0) is 0 Å². The molecule has 0 unspecified atom stereocenters. The minimum atomic E-state index is 0.650. The van der Waals surface area contributed by atoms with Crippen LogP contribution in [0, 0.1) is 25.2 Å². The third kappa shape index (κ3) is 3.98. The number of nitriles is 1. The van der Waals surface area contributed by atoms with Gasteiger partial charge in [-0.1, -0.05) is 18.2 Å². The molecule has 4 nitrogen and oxygen atoms in total. The molecule has 1 aromatic heterocycles. The Balaban J connectivity index is 1.93. The first-order chi connectivity index (χ1) is 10.6. The topological polar surface area (TPSA) is 49.1 Å². The molecular weight excluding hydrogens is 274 g/mol. The summed E-state index contributed by atoms with van der Waals surface area (Å²) in [5, 5.41) is 9.32. The molecule has 0 saturated heterocycles. The summed E-state index contributed by atoms with van der Waals surface area (Å²) < 4.78 is 5.69. The third-order valence-corrected chi connectivity index (χ3v) is 3.48. The van der Waals surface area contributed by atoms with E-state index in [0.29, 0.717) is 12.2 Å². The van der Waals surface area contributed by atoms with Gasteiger partial charge in [-0.2, -0.15) is 5.26 Å². The van der Waals surface area contributed by atoms with Gasteiger partial charge in [0.2, 0.25) is 0 Å². The van der Waals surface area contributed by atoms with Gasteiger partial charge in [-0.25, -0.2) is 0 Å². The maximum Gasteiger partial charge on any atom is 0.119 e. The monoisotopic (exact) mass is 295 g/mol. The van der Waals surface area contributed by atoms with Crippen molar-refractivity contribution in [3.05, 3.63) is 53.3 Å². The van der Waals surface area contributed by atoms with Crippen molar-refractivity contribution in [3.63, 3.8) is 0 Å². The lowest BCUT2D eigenvalue weighted by molar-refractivity contribution is 0.312. The molecule has 0 aliphatic heterocycles. The summed E-state index contributed by atoms with van der Waals surface area (Å²) in [6.45, 7) is 5.30. The van der Waals surface area contributed by atoms with E-state index in [2.05, 4.69) is 16.0 Å². The smallest absolute Gasteiger partial charge is 0.119 e. The molecule has 0 radical (unpaired) electrons. The molecule has 0 atom stereocenters. The second kappa shape index (κ2) is 7.46. The molecule has 1 aromatic carbocycles. The zero-order chi connectivity index (χ0) is 15.9. The Bertz CT molecular complexity index is 662. The number of hydrogen-bond donors (Lipinski definition) is 0. The second-order valence-corrected chi connectivity index (χ2v) is 5.29. The zero-order valence-electron chi connectivity index (χ0n) is 13.3. The van der Waals surface area contributed by atoms with Crippen molar-refractivity contribution >= 4 is 5.69 Å². The highest BCUT2D eigenvalue weighted by Crippen LogP contribution is 2.22. The molecule has 4 heteroatoms. The van der Waals surface area contributed by atoms with Crippen molar-refractivity contribution in [2.24, 2.45) is 0 Å². The summed E-state index contributed by atoms with van der Waals surface area (Å²) in [6.07, 6.45) is 0.886. The Morgan fingerprint density at radius 2 is 1.95 bits per heavy atom. The Kier molecular flexibility index (Phi) is 5.37. The molecule has 22 heavy (non-hydrogen) atoms. The molecule has 0 spiro atoms. The number of pyridine rings is 1. The largest absolute Gasteiger partial charge is 0.494 e. The van der Waals surface area contributed by atoms with Gasteiger partial charge in [0.1, 0.15) is 11.8 Å². The van der Waals surface area contributed by atoms with Gasteiger partial charge in [0.05, 0.1) is 23.6 Å². The number of nitrogens with zero attached hydrogens (tertiary/aromatic N) is 3. The van der Waals surface area contributed by atoms with Crippen LogP contribution in [0.1, 0.15) is 23.4 Å². The molecule has 0 N–H and O–H groups in total. The van der Waals surface area contributed by atoms with Crippen molar-refractivity contribution in [2.75, 3.05) is 25.1 Å². The van der Waals surface area contributed by atoms with E-state index in [1.807, 2.05) is 57.3 Å². The molecule has 2 rings (SSSR count). The molecule has 0 bridgehead atoms. The van der Waals surface area contributed by atoms with Crippen LogP contribution in [-0.4, -0.2) is 25.2 Å². The number of anilines is 1. The van der Waals surface area contributed by atoms with Gasteiger partial charge in [-0.15, -0.1) is 0 Å². The van der Waals surface area contributed by atoms with Crippen molar-refractivity contribution in [3.8, 4) is 11.8 Å². The number of ether oxygens (including phenoxy) is 1. The van der Waals surface area contributed by atoms with Gasteiger partial charge >= 0.3 is 0 Å². The predicted molar refractivity (Wildman–Crippen MR) is 88.3 cm³/mol. The standard InChI is InChI=1S/C18H21N3O/c1-14-12-18(17(13-19)15(2)20-14)21(3)10-7-11-22-16-8-5-4-6-9-16/h4-6,8-9,12H,7,10-11H2,1-3H3. The highest BCUT2D eigenvalue weighted by atomic mass is 16.5. The van der Waals surface area contributed by atoms with Crippen LogP contribution in [0.3, 0.4) is 0 Å². The van der Waals surface area contributed by atoms with Crippen LogP contribution in [0.15, 0.2) is 36.4 Å². The van der Waals surface area contributed by atoms with Crippen LogP contribution >= 0.6 is 0 Å². The molecule has 2 aromatic rings. The van der Waals surface area contributed by atoms with Gasteiger partial charge in [-0.3, -0.25) is 4.98 Å². The quantitative estimate of drug-likeness (QED) is 0.766. The highest BCUT2D eigenvalue weighted by molar-refractivity contribution is 5.61. The summed E-state index contributed by atoms with van der Waals surface area (Å²) >= 11 is 0. The number of hydrogen-bond acceptors (Lipinski definition) is 4. The molecule has 0 aliphatic carbocycles. The number of aromatic nitrogens is 1. The molecule has 114 valence electrons. The minimum absolute atomic E-state index is 0.650. The number of aryl methyl sites for hydroxylation is 2. The number of para-hydroxylation sites is 1. The van der Waals surface area contributed by atoms with Gasteiger partial charge in [0.15, 0.2) is 0 Å². The Morgan fingerprint density at radius 3 is 2.64 bits per heavy atom. The average molecular weight is 295 g/mol. The van der Waals surface area contributed by atoms with E-state index in [-0.39, 0.29) is 0 Å². The average Bonchev–Trinajstić information content (AvgIpc) is 2.51. The van der Waals surface area contributed by atoms with Gasteiger partial charge in [0, 0.05) is 19.3 Å². The predicted octanol–water partition coefficient (Wildman–Crippen LogP) is 3.48. The van der Waals surface area contributed by atoms with E-state index in [0.717, 1.165) is 35.8 Å². The normalized spacial score (nSPS) is 10.1. The fourth-order valence-corrected chi connectivity index (χ4v) is 2.38. The van der Waals surface area contributed by atoms with E-state index in [1.54, 1.807) is 0 Å². The van der Waals surface area contributed by atoms with Crippen LogP contribution in [0.2, 0.25) is 0 Å². The third-order valence-electron chi connectivity index (χ3n) is 3.48. The summed E-state index contributed by atoms with van der Waals surface area (Å²) in [5.74, 6) is 0.887. The summed E-state index contributed by atoms with van der Waals surface area (Å²) in [7, 11) is 2.00. The van der Waals surface area contributed by atoms with Gasteiger partial charge < -0.3 is 9.64 Å². The fraction of sp³-hybridized carbons (Fsp3) is 0.333. The van der Waals surface area contributed by atoms with Crippen LogP contribution < -0.4 is 9.64 Å². The second-order valence-electron chi connectivity index (χ2n) is 5.29. The van der Waals surface area contributed by atoms with Crippen LogP contribution in [0.5, 0.6) is 5.75 Å². The fourth-order valence-electron chi connectivity index (χ4n) is 2.38. The first kappa shape index (κ1) is 15.8. The minimum Gasteiger partial charge on any atom is -0.494 e. The van der Waals surface area contributed by atoms with Gasteiger partial charge in [-0.05, 0) is 38.5 Å². The van der Waals surface area contributed by atoms with E-state index < -0.39 is 0 Å². The molecule has 0 fully saturated rings. The molecule has 0 amide bonds. The molecule has 0 aliphatic rings. The van der Waals surface area contributed by atoms with E-state index in [9.17, 15) is 5.26 Å². The maximum atomic E-state index is 9.32. The van der Waals surface area contributed by atoms with Crippen molar-refractivity contribution in [1.29, 1.82) is 5.26 Å². The highest BCUT2D eigenvalue weighted by Gasteiger charge is 2.11. The molecular formula is C18H21N3O. The maximum absolute atomic E-state index is 9.32. The Hall–Kier alpha value is -2.54. The number of benzene rings is 1. The van der Waals surface area contributed by atoms with Crippen LogP contribution in [0.4, 0.5) is 5.69 Å². The van der Waals surface area contributed by atoms with E-state index in [4.69, 9.17) is 4.74 Å². The lowest BCUT2D eigenvalue weighted by Gasteiger charge is -2.21. The molecule has 1 heterocycles. The number of rotatable bonds is 6. The summed E-state index contributed by atoms with van der Waals surface area (Å²) in [5.41, 5.74) is 3.30. The van der Waals surface area contributed by atoms with Crippen LogP contribution in [0.25, 0.3) is 0 Å². The van der Waals surface area contributed by atoms with Crippen molar-refractivity contribution in [1.82, 2.24) is 4.98 Å². The van der Waals surface area contributed by atoms with Crippen molar-refractivity contribution in [2.45, 2.75) is 20.3 Å². The van der Waals surface area contributed by atoms with E-state index in [1.165, 1.54) is 0 Å². The first-order valence-corrected chi connectivity index (χ1v) is 7.39. The Labute approximate surface area is 132 Å². The lowest BCUT2D eigenvalue weighted by Crippen LogP contribution is -2.22. The van der Waals surface area contributed by atoms with E-state index >= 15 is 0 Å². The zero-order valence-corrected chi connectivity index (χ0v) is 13.3. The summed E-state index contributed by atoms with van der Waals surface area (Å²) in [4.78, 5) is 6.44. The Morgan fingerprint density at radius 1 is 1.23 bits per heavy atom. The lowest BCUT2D eigenvalue weighted by atomic mass is 10.1.